The van der Waals surface area contributed by atoms with Crippen LogP contribution < -0.4 is 9.47 Å². The molecule has 0 aliphatic carbocycles. The van der Waals surface area contributed by atoms with Crippen LogP contribution in [0.15, 0.2) is 18.2 Å². The second-order valence-corrected chi connectivity index (χ2v) is 4.08. The normalized spacial score (nSPS) is 12.2. The number of aliphatic hydroxyl groups is 1. The Morgan fingerprint density at radius 3 is 2.67 bits per heavy atom. The summed E-state index contributed by atoms with van der Waals surface area (Å²) in [6, 6.07) is 5.47. The van der Waals surface area contributed by atoms with Crippen LogP contribution in [-0.4, -0.2) is 31.5 Å². The maximum atomic E-state index is 9.11. The van der Waals surface area contributed by atoms with E-state index >= 15 is 0 Å². The first kappa shape index (κ1) is 14.8. The summed E-state index contributed by atoms with van der Waals surface area (Å²) in [7, 11) is 1.67. The highest BCUT2D eigenvalue weighted by molar-refractivity contribution is 5.43. The van der Waals surface area contributed by atoms with Crippen LogP contribution in [0, 0.1) is 0 Å². The molecule has 1 rings (SSSR count). The van der Waals surface area contributed by atoms with Crippen molar-refractivity contribution in [2.45, 2.75) is 33.0 Å². The molecule has 0 saturated carbocycles. The van der Waals surface area contributed by atoms with Gasteiger partial charge >= 0.3 is 0 Å². The molecule has 0 amide bonds. The smallest absolute Gasteiger partial charge is 0.161 e. The van der Waals surface area contributed by atoms with Crippen LogP contribution in [0.5, 0.6) is 11.5 Å². The molecule has 102 valence electrons. The number of methoxy groups -OCH3 is 1. The highest BCUT2D eigenvalue weighted by Crippen LogP contribution is 2.29. The summed E-state index contributed by atoms with van der Waals surface area (Å²) in [5.74, 6) is 1.38. The van der Waals surface area contributed by atoms with Crippen molar-refractivity contribution in [2.24, 2.45) is 0 Å². The average molecular weight is 254 g/mol. The van der Waals surface area contributed by atoms with E-state index < -0.39 is 0 Å². The first-order chi connectivity index (χ1) is 8.71. The van der Waals surface area contributed by atoms with Gasteiger partial charge in [0.2, 0.25) is 0 Å². The quantitative estimate of drug-likeness (QED) is 0.773. The molecule has 4 heteroatoms. The van der Waals surface area contributed by atoms with Crippen molar-refractivity contribution >= 4 is 0 Å². The third kappa shape index (κ3) is 4.55. The lowest BCUT2D eigenvalue weighted by Gasteiger charge is -2.17. The zero-order valence-corrected chi connectivity index (χ0v) is 11.3. The van der Waals surface area contributed by atoms with Gasteiger partial charge in [0.25, 0.3) is 0 Å². The molecular formula is C14H22O4. The number of ether oxygens (including phenoxy) is 3. The molecule has 1 atom stereocenters. The van der Waals surface area contributed by atoms with Crippen LogP contribution in [0.25, 0.3) is 0 Å². The lowest BCUT2D eigenvalue weighted by molar-refractivity contribution is 0.132. The minimum Gasteiger partial charge on any atom is -0.490 e. The molecule has 4 nitrogen and oxygen atoms in total. The van der Waals surface area contributed by atoms with E-state index in [0.717, 1.165) is 12.0 Å². The van der Waals surface area contributed by atoms with Crippen LogP contribution in [-0.2, 0) is 11.3 Å². The van der Waals surface area contributed by atoms with Crippen LogP contribution in [0.4, 0.5) is 0 Å². The fourth-order valence-electron chi connectivity index (χ4n) is 1.58. The molecule has 18 heavy (non-hydrogen) atoms. The van der Waals surface area contributed by atoms with Gasteiger partial charge in [-0.3, -0.25) is 0 Å². The Morgan fingerprint density at radius 2 is 2.06 bits per heavy atom. The molecule has 0 fully saturated rings. The number of benzene rings is 1. The molecule has 1 unspecified atom stereocenters. The Morgan fingerprint density at radius 1 is 1.28 bits per heavy atom. The zero-order valence-electron chi connectivity index (χ0n) is 11.3. The number of hydrogen-bond donors (Lipinski definition) is 1. The van der Waals surface area contributed by atoms with Crippen molar-refractivity contribution in [2.75, 3.05) is 20.3 Å². The largest absolute Gasteiger partial charge is 0.490 e. The molecule has 0 heterocycles. The first-order valence-corrected chi connectivity index (χ1v) is 6.23. The monoisotopic (exact) mass is 254 g/mol. The lowest BCUT2D eigenvalue weighted by atomic mass is 10.2. The molecule has 0 spiro atoms. The van der Waals surface area contributed by atoms with Gasteiger partial charge in [0.15, 0.2) is 11.5 Å². The van der Waals surface area contributed by atoms with Crippen molar-refractivity contribution in [1.82, 2.24) is 0 Å². The zero-order chi connectivity index (χ0) is 13.4. The molecule has 1 N–H and O–H groups in total. The summed E-state index contributed by atoms with van der Waals surface area (Å²) in [6.45, 7) is 5.15. The van der Waals surface area contributed by atoms with E-state index in [1.54, 1.807) is 7.11 Å². The Kier molecular flexibility index (Phi) is 6.54. The predicted molar refractivity (Wildman–Crippen MR) is 70.1 cm³/mol. The number of hydrogen-bond acceptors (Lipinski definition) is 4. The van der Waals surface area contributed by atoms with Gasteiger partial charge in [-0.25, -0.2) is 0 Å². The summed E-state index contributed by atoms with van der Waals surface area (Å²) in [5.41, 5.74) is 0.815. The highest BCUT2D eigenvalue weighted by atomic mass is 16.5. The SMILES string of the molecule is CCOc1cc(CO)ccc1OC(C)CCOC. The Hall–Kier alpha value is -1.26. The molecule has 1 aromatic carbocycles. The second kappa shape index (κ2) is 7.95. The maximum Gasteiger partial charge on any atom is 0.161 e. The Bertz CT molecular complexity index is 352. The van der Waals surface area contributed by atoms with Crippen molar-refractivity contribution in [3.8, 4) is 11.5 Å². The first-order valence-electron chi connectivity index (χ1n) is 6.23. The third-order valence-electron chi connectivity index (χ3n) is 2.55. The average Bonchev–Trinajstić information content (AvgIpc) is 2.38. The molecular weight excluding hydrogens is 232 g/mol. The molecule has 0 aromatic heterocycles. The van der Waals surface area contributed by atoms with E-state index in [-0.39, 0.29) is 12.7 Å². The Balaban J connectivity index is 2.73. The minimum atomic E-state index is -0.000414. The van der Waals surface area contributed by atoms with Gasteiger partial charge < -0.3 is 19.3 Å². The second-order valence-electron chi connectivity index (χ2n) is 4.08. The number of rotatable bonds is 8. The van der Waals surface area contributed by atoms with Gasteiger partial charge in [0.1, 0.15) is 0 Å². The summed E-state index contributed by atoms with van der Waals surface area (Å²) in [5, 5.41) is 9.11. The summed E-state index contributed by atoms with van der Waals surface area (Å²) in [4.78, 5) is 0. The van der Waals surface area contributed by atoms with E-state index in [0.29, 0.717) is 24.7 Å². The summed E-state index contributed by atoms with van der Waals surface area (Å²) >= 11 is 0. The van der Waals surface area contributed by atoms with Crippen LogP contribution in [0.3, 0.4) is 0 Å². The van der Waals surface area contributed by atoms with Crippen LogP contribution >= 0.6 is 0 Å². The fourth-order valence-corrected chi connectivity index (χ4v) is 1.58. The van der Waals surface area contributed by atoms with E-state index in [1.807, 2.05) is 32.0 Å². The fraction of sp³-hybridized carbons (Fsp3) is 0.571. The van der Waals surface area contributed by atoms with Crippen LogP contribution in [0.1, 0.15) is 25.8 Å². The van der Waals surface area contributed by atoms with Gasteiger partial charge in [-0.1, -0.05) is 6.07 Å². The molecule has 0 saturated heterocycles. The van der Waals surface area contributed by atoms with Crippen LogP contribution in [0.2, 0.25) is 0 Å². The molecule has 0 bridgehead atoms. The summed E-state index contributed by atoms with van der Waals surface area (Å²) < 4.78 is 16.4. The third-order valence-corrected chi connectivity index (χ3v) is 2.55. The van der Waals surface area contributed by atoms with Gasteiger partial charge in [-0.2, -0.15) is 0 Å². The highest BCUT2D eigenvalue weighted by Gasteiger charge is 2.10. The van der Waals surface area contributed by atoms with Gasteiger partial charge in [0.05, 0.1) is 19.3 Å². The standard InChI is InChI=1S/C14H22O4/c1-4-17-14-9-12(10-15)5-6-13(14)18-11(2)7-8-16-3/h5-6,9,11,15H,4,7-8,10H2,1-3H3. The van der Waals surface area contributed by atoms with Gasteiger partial charge in [0, 0.05) is 20.1 Å². The van der Waals surface area contributed by atoms with Crippen molar-refractivity contribution in [3.63, 3.8) is 0 Å². The van der Waals surface area contributed by atoms with E-state index in [4.69, 9.17) is 19.3 Å². The van der Waals surface area contributed by atoms with Crippen molar-refractivity contribution < 1.29 is 19.3 Å². The molecule has 0 radical (unpaired) electrons. The molecule has 1 aromatic rings. The van der Waals surface area contributed by atoms with Gasteiger partial charge in [-0.05, 0) is 31.5 Å². The lowest BCUT2D eigenvalue weighted by Crippen LogP contribution is -2.15. The van der Waals surface area contributed by atoms with Gasteiger partial charge in [-0.15, -0.1) is 0 Å². The predicted octanol–water partition coefficient (Wildman–Crippen LogP) is 2.38. The van der Waals surface area contributed by atoms with E-state index in [2.05, 4.69) is 0 Å². The molecule has 0 aliphatic heterocycles. The Labute approximate surface area is 108 Å². The van der Waals surface area contributed by atoms with Crippen molar-refractivity contribution in [1.29, 1.82) is 0 Å². The maximum absolute atomic E-state index is 9.11. The van der Waals surface area contributed by atoms with E-state index in [1.165, 1.54) is 0 Å². The minimum absolute atomic E-state index is 0.000414. The topological polar surface area (TPSA) is 47.9 Å². The molecule has 0 aliphatic rings. The number of aliphatic hydroxyl groups excluding tert-OH is 1. The summed E-state index contributed by atoms with van der Waals surface area (Å²) in [6.07, 6.45) is 0.883. The van der Waals surface area contributed by atoms with E-state index in [9.17, 15) is 0 Å². The van der Waals surface area contributed by atoms with Crippen molar-refractivity contribution in [3.05, 3.63) is 23.8 Å².